The van der Waals surface area contributed by atoms with Crippen LogP contribution in [-0.4, -0.2) is 41.7 Å². The van der Waals surface area contributed by atoms with Gasteiger partial charge in [-0.15, -0.1) is 0 Å². The maximum Gasteiger partial charge on any atom is 0.0586 e. The van der Waals surface area contributed by atoms with Gasteiger partial charge in [0.15, 0.2) is 0 Å². The predicted octanol–water partition coefficient (Wildman–Crippen LogP) is 0.937. The summed E-state index contributed by atoms with van der Waals surface area (Å²) in [5, 5.41) is 9.11. The zero-order chi connectivity index (χ0) is 10.4. The Kier molecular flexibility index (Phi) is 4.56. The summed E-state index contributed by atoms with van der Waals surface area (Å²) < 4.78 is 0. The van der Waals surface area contributed by atoms with E-state index in [-0.39, 0.29) is 12.6 Å². The third kappa shape index (κ3) is 3.44. The maximum absolute atomic E-state index is 9.11. The Balaban J connectivity index is 2.40. The van der Waals surface area contributed by atoms with Gasteiger partial charge in [-0.25, -0.2) is 0 Å². The van der Waals surface area contributed by atoms with Crippen molar-refractivity contribution in [2.75, 3.05) is 20.7 Å². The fourth-order valence-electron chi connectivity index (χ4n) is 1.37. The average molecular weight is 194 g/mol. The number of rotatable bonds is 5. The molecule has 0 bridgehead atoms. The maximum atomic E-state index is 9.11. The van der Waals surface area contributed by atoms with E-state index >= 15 is 0 Å². The average Bonchev–Trinajstić information content (AvgIpc) is 2.20. The SMILES string of the molecule is CN(C)C(CO)CCc1ccccn1. The summed E-state index contributed by atoms with van der Waals surface area (Å²) in [4.78, 5) is 6.29. The molecule has 0 radical (unpaired) electrons. The summed E-state index contributed by atoms with van der Waals surface area (Å²) in [5.74, 6) is 0. The van der Waals surface area contributed by atoms with Crippen LogP contribution in [0, 0.1) is 0 Å². The van der Waals surface area contributed by atoms with E-state index in [1.54, 1.807) is 6.20 Å². The highest BCUT2D eigenvalue weighted by Gasteiger charge is 2.09. The molecule has 14 heavy (non-hydrogen) atoms. The first-order valence-corrected chi connectivity index (χ1v) is 4.91. The van der Waals surface area contributed by atoms with Crippen LogP contribution in [0.2, 0.25) is 0 Å². The molecule has 0 fully saturated rings. The number of aliphatic hydroxyl groups excluding tert-OH is 1. The number of hydrogen-bond donors (Lipinski definition) is 1. The Morgan fingerprint density at radius 1 is 1.43 bits per heavy atom. The summed E-state index contributed by atoms with van der Waals surface area (Å²) in [6, 6.07) is 6.16. The van der Waals surface area contributed by atoms with Gasteiger partial charge in [0.05, 0.1) is 6.61 Å². The fraction of sp³-hybridized carbons (Fsp3) is 0.545. The van der Waals surface area contributed by atoms with E-state index in [4.69, 9.17) is 5.11 Å². The van der Waals surface area contributed by atoms with Gasteiger partial charge in [-0.1, -0.05) is 6.07 Å². The molecule has 0 spiro atoms. The Morgan fingerprint density at radius 2 is 2.21 bits per heavy atom. The predicted molar refractivity (Wildman–Crippen MR) is 57.1 cm³/mol. The van der Waals surface area contributed by atoms with Crippen LogP contribution in [-0.2, 0) is 6.42 Å². The quantitative estimate of drug-likeness (QED) is 0.757. The first-order valence-electron chi connectivity index (χ1n) is 4.91. The van der Waals surface area contributed by atoms with Crippen LogP contribution in [0.3, 0.4) is 0 Å². The molecule has 3 heteroatoms. The van der Waals surface area contributed by atoms with Crippen LogP contribution in [0.1, 0.15) is 12.1 Å². The molecule has 1 heterocycles. The van der Waals surface area contributed by atoms with Crippen molar-refractivity contribution >= 4 is 0 Å². The lowest BCUT2D eigenvalue weighted by molar-refractivity contribution is 0.162. The number of nitrogens with zero attached hydrogens (tertiary/aromatic N) is 2. The number of pyridine rings is 1. The lowest BCUT2D eigenvalue weighted by Gasteiger charge is -2.21. The standard InChI is InChI=1S/C11H18N2O/c1-13(2)11(9-14)7-6-10-5-3-4-8-12-10/h3-5,8,11,14H,6-7,9H2,1-2H3. The molecule has 0 amide bonds. The van der Waals surface area contributed by atoms with Crippen LogP contribution >= 0.6 is 0 Å². The molecule has 0 saturated carbocycles. The lowest BCUT2D eigenvalue weighted by Crippen LogP contribution is -2.31. The summed E-state index contributed by atoms with van der Waals surface area (Å²) in [6.45, 7) is 0.208. The molecule has 1 aromatic heterocycles. The molecular weight excluding hydrogens is 176 g/mol. The fourth-order valence-corrected chi connectivity index (χ4v) is 1.37. The Labute approximate surface area is 85.4 Å². The first-order chi connectivity index (χ1) is 6.74. The van der Waals surface area contributed by atoms with Crippen molar-refractivity contribution in [3.63, 3.8) is 0 Å². The number of aromatic nitrogens is 1. The normalized spacial score (nSPS) is 13.1. The highest BCUT2D eigenvalue weighted by Crippen LogP contribution is 2.05. The van der Waals surface area contributed by atoms with Crippen LogP contribution in [0.25, 0.3) is 0 Å². The van der Waals surface area contributed by atoms with Crippen LogP contribution < -0.4 is 0 Å². The highest BCUT2D eigenvalue weighted by atomic mass is 16.3. The second-order valence-corrected chi connectivity index (χ2v) is 3.66. The molecule has 0 saturated heterocycles. The van der Waals surface area contributed by atoms with Gasteiger partial charge in [0.1, 0.15) is 0 Å². The molecule has 1 N–H and O–H groups in total. The Hall–Kier alpha value is -0.930. The van der Waals surface area contributed by atoms with Crippen molar-refractivity contribution in [2.24, 2.45) is 0 Å². The minimum absolute atomic E-state index is 0.208. The molecule has 78 valence electrons. The monoisotopic (exact) mass is 194 g/mol. The number of likely N-dealkylation sites (N-methyl/N-ethyl adjacent to an activating group) is 1. The van der Waals surface area contributed by atoms with E-state index in [2.05, 4.69) is 4.98 Å². The lowest BCUT2D eigenvalue weighted by atomic mass is 10.1. The molecule has 3 nitrogen and oxygen atoms in total. The summed E-state index contributed by atoms with van der Waals surface area (Å²) in [7, 11) is 3.97. The zero-order valence-electron chi connectivity index (χ0n) is 8.85. The molecule has 0 aliphatic carbocycles. The number of aryl methyl sites for hydroxylation is 1. The Bertz CT molecular complexity index is 249. The van der Waals surface area contributed by atoms with Crippen molar-refractivity contribution in [3.05, 3.63) is 30.1 Å². The van der Waals surface area contributed by atoms with Gasteiger partial charge < -0.3 is 10.0 Å². The minimum atomic E-state index is 0.208. The largest absolute Gasteiger partial charge is 0.395 e. The van der Waals surface area contributed by atoms with Gasteiger partial charge in [-0.2, -0.15) is 0 Å². The van der Waals surface area contributed by atoms with Crippen molar-refractivity contribution in [1.29, 1.82) is 0 Å². The molecule has 0 aliphatic heterocycles. The first kappa shape index (κ1) is 11.1. The highest BCUT2D eigenvalue weighted by molar-refractivity contribution is 5.03. The smallest absolute Gasteiger partial charge is 0.0586 e. The van der Waals surface area contributed by atoms with Crippen molar-refractivity contribution in [2.45, 2.75) is 18.9 Å². The molecule has 1 atom stereocenters. The third-order valence-corrected chi connectivity index (χ3v) is 2.40. The van der Waals surface area contributed by atoms with Crippen LogP contribution in [0.15, 0.2) is 24.4 Å². The molecule has 1 aromatic rings. The van der Waals surface area contributed by atoms with Gasteiger partial charge in [-0.3, -0.25) is 4.98 Å². The van der Waals surface area contributed by atoms with E-state index in [1.807, 2.05) is 37.2 Å². The van der Waals surface area contributed by atoms with E-state index in [1.165, 1.54) is 0 Å². The second-order valence-electron chi connectivity index (χ2n) is 3.66. The van der Waals surface area contributed by atoms with Crippen molar-refractivity contribution in [3.8, 4) is 0 Å². The second kappa shape index (κ2) is 5.73. The summed E-state index contributed by atoms with van der Waals surface area (Å²) in [5.41, 5.74) is 1.09. The Morgan fingerprint density at radius 3 is 2.71 bits per heavy atom. The zero-order valence-corrected chi connectivity index (χ0v) is 8.85. The van der Waals surface area contributed by atoms with E-state index in [9.17, 15) is 0 Å². The molecule has 1 rings (SSSR count). The van der Waals surface area contributed by atoms with Crippen molar-refractivity contribution in [1.82, 2.24) is 9.88 Å². The number of hydrogen-bond acceptors (Lipinski definition) is 3. The molecular formula is C11H18N2O. The van der Waals surface area contributed by atoms with Gasteiger partial charge in [0.2, 0.25) is 0 Å². The third-order valence-electron chi connectivity index (χ3n) is 2.40. The minimum Gasteiger partial charge on any atom is -0.395 e. The molecule has 0 aliphatic rings. The van der Waals surface area contributed by atoms with E-state index in [0.29, 0.717) is 0 Å². The van der Waals surface area contributed by atoms with Gasteiger partial charge in [0, 0.05) is 17.9 Å². The summed E-state index contributed by atoms with van der Waals surface area (Å²) in [6.07, 6.45) is 3.67. The topological polar surface area (TPSA) is 36.4 Å². The van der Waals surface area contributed by atoms with Gasteiger partial charge >= 0.3 is 0 Å². The van der Waals surface area contributed by atoms with Gasteiger partial charge in [-0.05, 0) is 39.1 Å². The summed E-state index contributed by atoms with van der Waals surface area (Å²) >= 11 is 0. The molecule has 0 aromatic carbocycles. The number of aliphatic hydroxyl groups is 1. The van der Waals surface area contributed by atoms with Crippen LogP contribution in [0.5, 0.6) is 0 Å². The van der Waals surface area contributed by atoms with Crippen molar-refractivity contribution < 1.29 is 5.11 Å². The van der Waals surface area contributed by atoms with Gasteiger partial charge in [0.25, 0.3) is 0 Å². The van der Waals surface area contributed by atoms with E-state index < -0.39 is 0 Å². The van der Waals surface area contributed by atoms with E-state index in [0.717, 1.165) is 18.5 Å². The molecule has 1 unspecified atom stereocenters. The van der Waals surface area contributed by atoms with Crippen LogP contribution in [0.4, 0.5) is 0 Å².